The molecule has 1 N–H and O–H groups in total. The van der Waals surface area contributed by atoms with Crippen molar-refractivity contribution in [1.82, 2.24) is 20.4 Å². The second kappa shape index (κ2) is 11.7. The molecule has 2 aromatic rings. The highest BCUT2D eigenvalue weighted by molar-refractivity contribution is 14.0. The Hall–Kier alpha value is -2.04. The van der Waals surface area contributed by atoms with Crippen LogP contribution >= 0.6 is 24.0 Å². The molecule has 1 aromatic heterocycles. The molecule has 0 spiro atoms. The van der Waals surface area contributed by atoms with E-state index in [1.807, 2.05) is 44.0 Å². The number of methoxy groups -OCH3 is 2. The van der Waals surface area contributed by atoms with Gasteiger partial charge in [0.1, 0.15) is 11.5 Å². The van der Waals surface area contributed by atoms with Gasteiger partial charge in [0.2, 0.25) is 5.89 Å². The maximum absolute atomic E-state index is 5.47. The fourth-order valence-electron chi connectivity index (χ4n) is 2.58. The van der Waals surface area contributed by atoms with Gasteiger partial charge in [-0.3, -0.25) is 4.99 Å². The predicted octanol–water partition coefficient (Wildman–Crippen LogP) is 3.08. The number of halogens is 1. The highest BCUT2D eigenvalue weighted by Gasteiger charge is 2.13. The Bertz CT molecular complexity index is 764. The van der Waals surface area contributed by atoms with Crippen molar-refractivity contribution in [2.45, 2.75) is 32.7 Å². The van der Waals surface area contributed by atoms with Crippen molar-refractivity contribution >= 4 is 29.9 Å². The lowest BCUT2D eigenvalue weighted by Crippen LogP contribution is -2.39. The van der Waals surface area contributed by atoms with Crippen LogP contribution in [-0.2, 0) is 13.0 Å². The Morgan fingerprint density at radius 3 is 2.61 bits per heavy atom. The van der Waals surface area contributed by atoms with Gasteiger partial charge in [-0.2, -0.15) is 4.98 Å². The summed E-state index contributed by atoms with van der Waals surface area (Å²) in [5.74, 6) is 3.94. The molecule has 0 saturated heterocycles. The third-order valence-electron chi connectivity index (χ3n) is 4.10. The first-order valence-electron chi connectivity index (χ1n) is 8.93. The quantitative estimate of drug-likeness (QED) is 0.337. The Morgan fingerprint density at radius 1 is 1.29 bits per heavy atom. The summed E-state index contributed by atoms with van der Waals surface area (Å²) < 4.78 is 16.0. The van der Waals surface area contributed by atoms with Gasteiger partial charge in [-0.15, -0.1) is 24.0 Å². The Labute approximate surface area is 183 Å². The number of aliphatic imine (C=N–C) groups is 1. The van der Waals surface area contributed by atoms with Gasteiger partial charge in [0.25, 0.3) is 0 Å². The van der Waals surface area contributed by atoms with Gasteiger partial charge >= 0.3 is 0 Å². The van der Waals surface area contributed by atoms with E-state index in [0.29, 0.717) is 25.4 Å². The Kier molecular flexibility index (Phi) is 10.0. The molecule has 1 aromatic carbocycles. The number of guanidine groups is 1. The maximum Gasteiger partial charge on any atom is 0.228 e. The van der Waals surface area contributed by atoms with Crippen LogP contribution in [0, 0.1) is 0 Å². The number of aromatic nitrogens is 2. The third kappa shape index (κ3) is 6.54. The second-order valence-corrected chi connectivity index (χ2v) is 6.46. The SMILES string of the molecule is CN=C(NCCc1nc(C(C)C)no1)N(C)Cc1ccc(OC)cc1OC.I. The number of ether oxygens (including phenoxy) is 2. The number of nitrogens with one attached hydrogen (secondary N) is 1. The van der Waals surface area contributed by atoms with Crippen LogP contribution in [0.3, 0.4) is 0 Å². The number of hydrogen-bond donors (Lipinski definition) is 1. The third-order valence-corrected chi connectivity index (χ3v) is 4.10. The van der Waals surface area contributed by atoms with Crippen LogP contribution < -0.4 is 14.8 Å². The van der Waals surface area contributed by atoms with E-state index in [2.05, 4.69) is 20.4 Å². The van der Waals surface area contributed by atoms with Crippen LogP contribution in [0.4, 0.5) is 0 Å². The zero-order valence-corrected chi connectivity index (χ0v) is 19.7. The standard InChI is InChI=1S/C19H29N5O3.HI/c1-13(2)18-22-17(27-23-18)9-10-21-19(20-3)24(4)12-14-7-8-15(25-5)11-16(14)26-6;/h7-8,11,13H,9-10,12H2,1-6H3,(H,20,21);1H. The molecule has 2 rings (SSSR count). The Balaban J connectivity index is 0.00000392. The van der Waals surface area contributed by atoms with Crippen molar-refractivity contribution in [3.8, 4) is 11.5 Å². The van der Waals surface area contributed by atoms with E-state index in [0.717, 1.165) is 28.8 Å². The molecule has 0 fully saturated rings. The second-order valence-electron chi connectivity index (χ2n) is 6.46. The van der Waals surface area contributed by atoms with Crippen LogP contribution in [0.15, 0.2) is 27.7 Å². The van der Waals surface area contributed by atoms with Crippen LogP contribution in [-0.4, -0.2) is 55.9 Å². The zero-order chi connectivity index (χ0) is 19.8. The molecule has 1 heterocycles. The first-order valence-corrected chi connectivity index (χ1v) is 8.93. The van der Waals surface area contributed by atoms with E-state index in [-0.39, 0.29) is 29.9 Å². The molecule has 0 aliphatic heterocycles. The van der Waals surface area contributed by atoms with Gasteiger partial charge in [0, 0.05) is 51.2 Å². The summed E-state index contributed by atoms with van der Waals surface area (Å²) in [5.41, 5.74) is 1.04. The zero-order valence-electron chi connectivity index (χ0n) is 17.4. The van der Waals surface area contributed by atoms with E-state index in [1.54, 1.807) is 21.3 Å². The van der Waals surface area contributed by atoms with E-state index in [4.69, 9.17) is 14.0 Å². The van der Waals surface area contributed by atoms with Gasteiger partial charge in [-0.25, -0.2) is 0 Å². The minimum atomic E-state index is 0. The molecule has 156 valence electrons. The highest BCUT2D eigenvalue weighted by atomic mass is 127. The number of hydrogen-bond acceptors (Lipinski definition) is 6. The average Bonchev–Trinajstić information content (AvgIpc) is 3.14. The van der Waals surface area contributed by atoms with Gasteiger partial charge in [-0.1, -0.05) is 19.0 Å². The van der Waals surface area contributed by atoms with Gasteiger partial charge in [0.15, 0.2) is 11.8 Å². The molecule has 0 saturated carbocycles. The van der Waals surface area contributed by atoms with Crippen molar-refractivity contribution < 1.29 is 14.0 Å². The minimum absolute atomic E-state index is 0. The first-order chi connectivity index (χ1) is 13.0. The summed E-state index contributed by atoms with van der Waals surface area (Å²) in [6.45, 7) is 5.37. The lowest BCUT2D eigenvalue weighted by atomic mass is 10.2. The van der Waals surface area contributed by atoms with Crippen molar-refractivity contribution in [3.63, 3.8) is 0 Å². The van der Waals surface area contributed by atoms with Crippen LogP contribution in [0.2, 0.25) is 0 Å². The first kappa shape index (κ1) is 24.0. The predicted molar refractivity (Wildman–Crippen MR) is 120 cm³/mol. The smallest absolute Gasteiger partial charge is 0.228 e. The molecule has 0 atom stereocenters. The summed E-state index contributed by atoms with van der Waals surface area (Å²) in [4.78, 5) is 10.7. The average molecular weight is 503 g/mol. The molecule has 9 heteroatoms. The number of rotatable bonds is 8. The van der Waals surface area contributed by atoms with Gasteiger partial charge < -0.3 is 24.2 Å². The molecule has 8 nitrogen and oxygen atoms in total. The molecule has 28 heavy (non-hydrogen) atoms. The number of nitrogens with zero attached hydrogens (tertiary/aromatic N) is 4. The molecule has 0 aliphatic carbocycles. The normalized spacial score (nSPS) is 11.2. The van der Waals surface area contributed by atoms with Crippen LogP contribution in [0.5, 0.6) is 11.5 Å². The summed E-state index contributed by atoms with van der Waals surface area (Å²) in [6.07, 6.45) is 0.637. The number of benzene rings is 1. The largest absolute Gasteiger partial charge is 0.497 e. The lowest BCUT2D eigenvalue weighted by Gasteiger charge is -2.23. The molecule has 0 radical (unpaired) electrons. The summed E-state index contributed by atoms with van der Waals surface area (Å²) in [7, 11) is 7.03. The Morgan fingerprint density at radius 2 is 2.04 bits per heavy atom. The molecular formula is C19H30IN5O3. The van der Waals surface area contributed by atoms with E-state index < -0.39 is 0 Å². The highest BCUT2D eigenvalue weighted by Crippen LogP contribution is 2.25. The minimum Gasteiger partial charge on any atom is -0.497 e. The van der Waals surface area contributed by atoms with E-state index >= 15 is 0 Å². The van der Waals surface area contributed by atoms with Crippen molar-refractivity contribution in [2.24, 2.45) is 4.99 Å². The van der Waals surface area contributed by atoms with Crippen molar-refractivity contribution in [2.75, 3.05) is 34.9 Å². The lowest BCUT2D eigenvalue weighted by molar-refractivity contribution is 0.369. The van der Waals surface area contributed by atoms with Gasteiger partial charge in [-0.05, 0) is 12.1 Å². The van der Waals surface area contributed by atoms with Crippen LogP contribution in [0.25, 0.3) is 0 Å². The summed E-state index contributed by atoms with van der Waals surface area (Å²) in [6, 6.07) is 5.79. The van der Waals surface area contributed by atoms with Gasteiger partial charge in [0.05, 0.1) is 14.2 Å². The molecule has 0 amide bonds. The molecular weight excluding hydrogens is 473 g/mol. The summed E-state index contributed by atoms with van der Waals surface area (Å²) in [5, 5.41) is 7.30. The monoisotopic (exact) mass is 503 g/mol. The van der Waals surface area contributed by atoms with Crippen molar-refractivity contribution in [3.05, 3.63) is 35.5 Å². The summed E-state index contributed by atoms with van der Waals surface area (Å²) >= 11 is 0. The maximum atomic E-state index is 5.47. The molecule has 0 aliphatic rings. The molecule has 0 unspecified atom stereocenters. The molecule has 0 bridgehead atoms. The fraction of sp³-hybridized carbons (Fsp3) is 0.526. The fourth-order valence-corrected chi connectivity index (χ4v) is 2.58. The topological polar surface area (TPSA) is 85.0 Å². The van der Waals surface area contributed by atoms with Crippen molar-refractivity contribution in [1.29, 1.82) is 0 Å². The van der Waals surface area contributed by atoms with E-state index in [9.17, 15) is 0 Å². The van der Waals surface area contributed by atoms with E-state index in [1.165, 1.54) is 0 Å². The van der Waals surface area contributed by atoms with Crippen LogP contribution in [0.1, 0.15) is 37.0 Å².